The van der Waals surface area contributed by atoms with Gasteiger partial charge in [-0.1, -0.05) is 20.8 Å². The van der Waals surface area contributed by atoms with Crippen LogP contribution in [0.5, 0.6) is 0 Å². The van der Waals surface area contributed by atoms with E-state index in [1.54, 1.807) is 0 Å². The first-order valence-corrected chi connectivity index (χ1v) is 5.51. The van der Waals surface area contributed by atoms with E-state index in [2.05, 4.69) is 20.8 Å². The molecule has 0 saturated heterocycles. The molecule has 0 amide bonds. The lowest BCUT2D eigenvalue weighted by atomic mass is 9.67. The molecule has 0 spiro atoms. The van der Waals surface area contributed by atoms with Crippen molar-refractivity contribution in [2.75, 3.05) is 7.11 Å². The number of ether oxygens (including phenoxy) is 1. The van der Waals surface area contributed by atoms with E-state index in [0.717, 1.165) is 12.3 Å². The first-order chi connectivity index (χ1) is 6.43. The normalized spacial score (nSPS) is 44.0. The fourth-order valence-electron chi connectivity index (χ4n) is 3.70. The van der Waals surface area contributed by atoms with Crippen LogP contribution in [0.3, 0.4) is 0 Å². The van der Waals surface area contributed by atoms with Crippen LogP contribution in [0, 0.1) is 22.7 Å². The fraction of sp³-hybridized carbons (Fsp3) is 0.917. The fourth-order valence-corrected chi connectivity index (χ4v) is 3.70. The minimum Gasteiger partial charge on any atom is -0.469 e. The molecule has 0 aromatic heterocycles. The number of rotatable bonds is 1. The molecule has 0 radical (unpaired) electrons. The number of carbonyl (C=O) groups is 1. The van der Waals surface area contributed by atoms with Crippen LogP contribution in [0.4, 0.5) is 0 Å². The largest absolute Gasteiger partial charge is 0.469 e. The van der Waals surface area contributed by atoms with E-state index in [9.17, 15) is 4.79 Å². The first kappa shape index (κ1) is 10.0. The van der Waals surface area contributed by atoms with Gasteiger partial charge in [-0.15, -0.1) is 0 Å². The summed E-state index contributed by atoms with van der Waals surface area (Å²) in [4.78, 5) is 11.7. The highest BCUT2D eigenvalue weighted by Gasteiger charge is 2.63. The van der Waals surface area contributed by atoms with E-state index in [-0.39, 0.29) is 17.3 Å². The summed E-state index contributed by atoms with van der Waals surface area (Å²) in [7, 11) is 1.50. The Kier molecular flexibility index (Phi) is 1.96. The second-order valence-electron chi connectivity index (χ2n) is 5.69. The van der Waals surface area contributed by atoms with Crippen molar-refractivity contribution < 1.29 is 9.53 Å². The highest BCUT2D eigenvalue weighted by atomic mass is 16.5. The molecule has 80 valence electrons. The van der Waals surface area contributed by atoms with Crippen LogP contribution in [0.15, 0.2) is 0 Å². The molecule has 2 heteroatoms. The van der Waals surface area contributed by atoms with Gasteiger partial charge in [0.2, 0.25) is 0 Å². The monoisotopic (exact) mass is 196 g/mol. The molecular formula is C12H20O2. The Morgan fingerprint density at radius 2 is 2.00 bits per heavy atom. The van der Waals surface area contributed by atoms with Crippen molar-refractivity contribution in [1.82, 2.24) is 0 Å². The maximum atomic E-state index is 11.7. The summed E-state index contributed by atoms with van der Waals surface area (Å²) in [5.41, 5.74) is 0.483. The maximum Gasteiger partial charge on any atom is 0.309 e. The van der Waals surface area contributed by atoms with Crippen molar-refractivity contribution in [2.24, 2.45) is 22.7 Å². The zero-order valence-electron chi connectivity index (χ0n) is 9.59. The van der Waals surface area contributed by atoms with Crippen molar-refractivity contribution in [3.63, 3.8) is 0 Å². The standard InChI is InChI=1S/C12H20O2/c1-11(2)8-5-6-12(11,3)9(7-8)10(13)14-4/h8-9H,5-7H2,1-4H3. The average Bonchev–Trinajstić information content (AvgIpc) is 2.47. The van der Waals surface area contributed by atoms with E-state index in [1.165, 1.54) is 20.0 Å². The predicted molar refractivity (Wildman–Crippen MR) is 54.7 cm³/mol. The van der Waals surface area contributed by atoms with Gasteiger partial charge in [0.1, 0.15) is 0 Å². The number of fused-ring (bicyclic) bond motifs is 2. The lowest BCUT2D eigenvalue weighted by Gasteiger charge is -2.37. The number of hydrogen-bond donors (Lipinski definition) is 0. The third-order valence-corrected chi connectivity index (χ3v) is 5.28. The van der Waals surface area contributed by atoms with E-state index in [4.69, 9.17) is 4.74 Å². The zero-order chi connectivity index (χ0) is 10.6. The van der Waals surface area contributed by atoms with E-state index < -0.39 is 0 Å². The van der Waals surface area contributed by atoms with Gasteiger partial charge in [-0.3, -0.25) is 4.79 Å². The van der Waals surface area contributed by atoms with Crippen molar-refractivity contribution in [2.45, 2.75) is 40.0 Å². The van der Waals surface area contributed by atoms with Crippen LogP contribution in [-0.2, 0) is 9.53 Å². The number of carbonyl (C=O) groups excluding carboxylic acids is 1. The Bertz CT molecular complexity index is 269. The van der Waals surface area contributed by atoms with Gasteiger partial charge in [-0.25, -0.2) is 0 Å². The van der Waals surface area contributed by atoms with Crippen molar-refractivity contribution in [1.29, 1.82) is 0 Å². The second kappa shape index (κ2) is 2.74. The van der Waals surface area contributed by atoms with Crippen molar-refractivity contribution in [3.05, 3.63) is 0 Å². The average molecular weight is 196 g/mol. The molecular weight excluding hydrogens is 176 g/mol. The molecule has 2 aliphatic carbocycles. The quantitative estimate of drug-likeness (QED) is 0.603. The molecule has 2 rings (SSSR count). The van der Waals surface area contributed by atoms with Crippen LogP contribution in [-0.4, -0.2) is 13.1 Å². The zero-order valence-corrected chi connectivity index (χ0v) is 9.59. The summed E-state index contributed by atoms with van der Waals surface area (Å²) < 4.78 is 4.91. The summed E-state index contributed by atoms with van der Waals surface area (Å²) in [5.74, 6) is 0.862. The summed E-state index contributed by atoms with van der Waals surface area (Å²) in [5, 5.41) is 0. The molecule has 3 unspecified atom stereocenters. The Hall–Kier alpha value is -0.530. The number of hydrogen-bond acceptors (Lipinski definition) is 2. The van der Waals surface area contributed by atoms with Gasteiger partial charge in [-0.05, 0) is 36.0 Å². The van der Waals surface area contributed by atoms with Gasteiger partial charge in [0.15, 0.2) is 0 Å². The Balaban J connectivity index is 2.31. The van der Waals surface area contributed by atoms with Crippen LogP contribution in [0.25, 0.3) is 0 Å². The minimum absolute atomic E-state index is 0.00257. The molecule has 2 aliphatic rings. The maximum absolute atomic E-state index is 11.7. The van der Waals surface area contributed by atoms with Crippen LogP contribution in [0.2, 0.25) is 0 Å². The highest BCUT2D eigenvalue weighted by molar-refractivity contribution is 5.74. The van der Waals surface area contributed by atoms with Gasteiger partial charge in [0.25, 0.3) is 0 Å². The first-order valence-electron chi connectivity index (χ1n) is 5.51. The summed E-state index contributed by atoms with van der Waals surface area (Å²) >= 11 is 0. The molecule has 0 N–H and O–H groups in total. The molecule has 0 heterocycles. The van der Waals surface area contributed by atoms with Gasteiger partial charge in [0, 0.05) is 0 Å². The van der Waals surface area contributed by atoms with Gasteiger partial charge < -0.3 is 4.74 Å². The van der Waals surface area contributed by atoms with Gasteiger partial charge in [-0.2, -0.15) is 0 Å². The summed E-state index contributed by atoms with van der Waals surface area (Å²) in [6.07, 6.45) is 3.51. The number of methoxy groups -OCH3 is 1. The third-order valence-electron chi connectivity index (χ3n) is 5.28. The van der Waals surface area contributed by atoms with Crippen LogP contribution in [0.1, 0.15) is 40.0 Å². The number of esters is 1. The molecule has 2 fully saturated rings. The third kappa shape index (κ3) is 0.945. The van der Waals surface area contributed by atoms with Gasteiger partial charge in [0.05, 0.1) is 13.0 Å². The Morgan fingerprint density at radius 1 is 1.36 bits per heavy atom. The molecule has 0 aliphatic heterocycles. The van der Waals surface area contributed by atoms with E-state index >= 15 is 0 Å². The summed E-state index contributed by atoms with van der Waals surface area (Å²) in [6.45, 7) is 6.89. The van der Waals surface area contributed by atoms with Gasteiger partial charge >= 0.3 is 5.97 Å². The molecule has 2 nitrogen and oxygen atoms in total. The molecule has 0 aromatic rings. The molecule has 2 saturated carbocycles. The van der Waals surface area contributed by atoms with E-state index in [0.29, 0.717) is 5.41 Å². The summed E-state index contributed by atoms with van der Waals surface area (Å²) in [6, 6.07) is 0. The Labute approximate surface area is 86.0 Å². The SMILES string of the molecule is COC(=O)C1CC2CCC1(C)C2(C)C. The lowest BCUT2D eigenvalue weighted by molar-refractivity contribution is -0.150. The lowest BCUT2D eigenvalue weighted by Crippen LogP contribution is -2.36. The van der Waals surface area contributed by atoms with E-state index in [1.807, 2.05) is 0 Å². The van der Waals surface area contributed by atoms with Crippen molar-refractivity contribution >= 4 is 5.97 Å². The van der Waals surface area contributed by atoms with Crippen molar-refractivity contribution in [3.8, 4) is 0 Å². The predicted octanol–water partition coefficient (Wildman–Crippen LogP) is 2.62. The minimum atomic E-state index is 0.00257. The topological polar surface area (TPSA) is 26.3 Å². The molecule has 3 atom stereocenters. The molecule has 2 bridgehead atoms. The smallest absolute Gasteiger partial charge is 0.309 e. The molecule has 14 heavy (non-hydrogen) atoms. The van der Waals surface area contributed by atoms with Crippen LogP contribution >= 0.6 is 0 Å². The Morgan fingerprint density at radius 3 is 2.36 bits per heavy atom. The molecule has 0 aromatic carbocycles. The highest BCUT2D eigenvalue weighted by Crippen LogP contribution is 2.68. The second-order valence-corrected chi connectivity index (χ2v) is 5.69. The van der Waals surface area contributed by atoms with Crippen LogP contribution < -0.4 is 0 Å².